The minimum absolute atomic E-state index is 0.409. The van der Waals surface area contributed by atoms with E-state index in [4.69, 9.17) is 4.74 Å². The smallest absolute Gasteiger partial charge is 0.339 e. The van der Waals surface area contributed by atoms with Crippen LogP contribution in [0.1, 0.15) is 21.6 Å². The maximum absolute atomic E-state index is 11.9. The first-order valence-electron chi connectivity index (χ1n) is 8.08. The van der Waals surface area contributed by atoms with Crippen LogP contribution < -0.4 is 10.6 Å². The number of hydrogen-bond acceptors (Lipinski definition) is 7. The highest BCUT2D eigenvalue weighted by Gasteiger charge is 2.12. The van der Waals surface area contributed by atoms with E-state index in [0.29, 0.717) is 29.6 Å². The third-order valence-electron chi connectivity index (χ3n) is 3.62. The number of benzene rings is 1. The molecule has 0 radical (unpaired) electrons. The summed E-state index contributed by atoms with van der Waals surface area (Å²) in [6, 6.07) is 12.8. The van der Waals surface area contributed by atoms with Crippen molar-refractivity contribution in [3.05, 3.63) is 71.7 Å². The van der Waals surface area contributed by atoms with Gasteiger partial charge in [-0.3, -0.25) is 4.98 Å². The van der Waals surface area contributed by atoms with Crippen LogP contribution in [0, 0.1) is 6.92 Å². The molecule has 132 valence electrons. The van der Waals surface area contributed by atoms with Crippen molar-refractivity contribution in [2.75, 3.05) is 17.7 Å². The zero-order valence-corrected chi connectivity index (χ0v) is 14.6. The molecule has 0 fully saturated rings. The molecule has 0 spiro atoms. The van der Waals surface area contributed by atoms with Gasteiger partial charge in [0.2, 0.25) is 5.95 Å². The molecule has 2 heterocycles. The molecule has 7 heteroatoms. The Kier molecular flexibility index (Phi) is 5.38. The lowest BCUT2D eigenvalue weighted by Gasteiger charge is -2.12. The highest BCUT2D eigenvalue weighted by molar-refractivity contribution is 5.96. The van der Waals surface area contributed by atoms with Gasteiger partial charge in [-0.25, -0.2) is 9.78 Å². The first-order valence-corrected chi connectivity index (χ1v) is 8.08. The monoisotopic (exact) mass is 349 g/mol. The van der Waals surface area contributed by atoms with Gasteiger partial charge in [-0.15, -0.1) is 0 Å². The molecule has 2 N–H and O–H groups in total. The van der Waals surface area contributed by atoms with Crippen molar-refractivity contribution in [3.8, 4) is 0 Å². The normalized spacial score (nSPS) is 10.2. The van der Waals surface area contributed by atoms with E-state index in [1.807, 2.05) is 31.2 Å². The number of ether oxygens (including phenoxy) is 1. The summed E-state index contributed by atoms with van der Waals surface area (Å²) in [6.07, 6.45) is 3.52. The summed E-state index contributed by atoms with van der Waals surface area (Å²) in [6.45, 7) is 2.45. The molecule has 1 aromatic carbocycles. The van der Waals surface area contributed by atoms with Crippen LogP contribution in [-0.2, 0) is 11.3 Å². The molecule has 26 heavy (non-hydrogen) atoms. The van der Waals surface area contributed by atoms with E-state index >= 15 is 0 Å². The number of anilines is 3. The fourth-order valence-corrected chi connectivity index (χ4v) is 2.41. The molecular formula is C19H19N5O2. The molecule has 0 bridgehead atoms. The van der Waals surface area contributed by atoms with E-state index < -0.39 is 5.97 Å². The maximum Gasteiger partial charge on any atom is 0.339 e. The summed E-state index contributed by atoms with van der Waals surface area (Å²) < 4.78 is 4.82. The number of aryl methyl sites for hydroxylation is 1. The van der Waals surface area contributed by atoms with Gasteiger partial charge < -0.3 is 15.4 Å². The third-order valence-corrected chi connectivity index (χ3v) is 3.62. The van der Waals surface area contributed by atoms with Crippen LogP contribution in [0.4, 0.5) is 17.5 Å². The summed E-state index contributed by atoms with van der Waals surface area (Å²) >= 11 is 0. The minimum Gasteiger partial charge on any atom is -0.465 e. The van der Waals surface area contributed by atoms with Crippen LogP contribution in [0.2, 0.25) is 0 Å². The lowest BCUT2D eigenvalue weighted by Crippen LogP contribution is -2.08. The van der Waals surface area contributed by atoms with Crippen molar-refractivity contribution < 1.29 is 9.53 Å². The van der Waals surface area contributed by atoms with Gasteiger partial charge >= 0.3 is 5.97 Å². The van der Waals surface area contributed by atoms with Gasteiger partial charge in [0, 0.05) is 30.7 Å². The number of hydrogen-bond donors (Lipinski definition) is 2. The number of nitrogens with one attached hydrogen (secondary N) is 2. The molecule has 2 aromatic heterocycles. The third kappa shape index (κ3) is 4.32. The first-order chi connectivity index (χ1) is 12.7. The molecule has 7 nitrogen and oxygen atoms in total. The molecule has 0 atom stereocenters. The number of rotatable bonds is 6. The lowest BCUT2D eigenvalue weighted by molar-refractivity contribution is 0.0602. The van der Waals surface area contributed by atoms with Gasteiger partial charge in [-0.1, -0.05) is 18.2 Å². The Labute approximate surface area is 151 Å². The van der Waals surface area contributed by atoms with Crippen molar-refractivity contribution in [2.45, 2.75) is 13.5 Å². The Morgan fingerprint density at radius 3 is 2.77 bits per heavy atom. The molecule has 0 amide bonds. The Hall–Kier alpha value is -3.48. The number of carbonyl (C=O) groups is 1. The van der Waals surface area contributed by atoms with E-state index in [2.05, 4.69) is 25.6 Å². The van der Waals surface area contributed by atoms with E-state index in [0.717, 1.165) is 11.3 Å². The van der Waals surface area contributed by atoms with Gasteiger partial charge in [0.25, 0.3) is 0 Å². The second kappa shape index (κ2) is 8.06. The van der Waals surface area contributed by atoms with Gasteiger partial charge in [0.1, 0.15) is 5.82 Å². The maximum atomic E-state index is 11.9. The summed E-state index contributed by atoms with van der Waals surface area (Å²) in [4.78, 5) is 24.8. The average molecular weight is 349 g/mol. The average Bonchev–Trinajstić information content (AvgIpc) is 2.66. The van der Waals surface area contributed by atoms with Crippen molar-refractivity contribution >= 4 is 23.4 Å². The van der Waals surface area contributed by atoms with Gasteiger partial charge in [-0.2, -0.15) is 4.98 Å². The van der Waals surface area contributed by atoms with Crippen molar-refractivity contribution in [3.63, 3.8) is 0 Å². The fraction of sp³-hybridized carbons (Fsp3) is 0.158. The van der Waals surface area contributed by atoms with Crippen LogP contribution in [-0.4, -0.2) is 28.0 Å². The molecular weight excluding hydrogens is 330 g/mol. The number of aromatic nitrogens is 3. The van der Waals surface area contributed by atoms with Gasteiger partial charge in [0.05, 0.1) is 18.4 Å². The molecule has 3 rings (SSSR count). The van der Waals surface area contributed by atoms with Crippen LogP contribution in [0.15, 0.2) is 54.9 Å². The van der Waals surface area contributed by atoms with Crippen LogP contribution in [0.3, 0.4) is 0 Å². The topological polar surface area (TPSA) is 89.0 Å². The molecule has 0 aliphatic carbocycles. The van der Waals surface area contributed by atoms with E-state index in [1.54, 1.807) is 30.6 Å². The lowest BCUT2D eigenvalue weighted by atomic mass is 10.2. The fourth-order valence-electron chi connectivity index (χ4n) is 2.41. The molecule has 0 saturated heterocycles. The highest BCUT2D eigenvalue weighted by Crippen LogP contribution is 2.21. The molecule has 0 aliphatic rings. The Balaban J connectivity index is 1.79. The number of carbonyl (C=O) groups excluding carboxylic acids is 1. The van der Waals surface area contributed by atoms with E-state index in [1.165, 1.54) is 7.11 Å². The van der Waals surface area contributed by atoms with Crippen molar-refractivity contribution in [1.82, 2.24) is 15.0 Å². The van der Waals surface area contributed by atoms with Crippen molar-refractivity contribution in [1.29, 1.82) is 0 Å². The standard InChI is InChI=1S/C19H19N5O2/c1-13-10-17(23-16-8-4-3-7-15(16)18(25)26-2)24-19(22-13)21-12-14-6-5-9-20-11-14/h3-11H,12H2,1-2H3,(H2,21,22,23,24). The Bertz CT molecular complexity index is 899. The van der Waals surface area contributed by atoms with E-state index in [-0.39, 0.29) is 0 Å². The first kappa shape index (κ1) is 17.3. The summed E-state index contributed by atoms with van der Waals surface area (Å²) in [7, 11) is 1.36. The Morgan fingerprint density at radius 1 is 1.15 bits per heavy atom. The zero-order valence-electron chi connectivity index (χ0n) is 14.6. The largest absolute Gasteiger partial charge is 0.465 e. The molecule has 0 unspecified atom stereocenters. The minimum atomic E-state index is -0.409. The number of pyridine rings is 1. The van der Waals surface area contributed by atoms with Crippen molar-refractivity contribution in [2.24, 2.45) is 0 Å². The molecule has 0 saturated carbocycles. The van der Waals surface area contributed by atoms with Crippen LogP contribution in [0.25, 0.3) is 0 Å². The SMILES string of the molecule is COC(=O)c1ccccc1Nc1cc(C)nc(NCc2cccnc2)n1. The highest BCUT2D eigenvalue weighted by atomic mass is 16.5. The van der Waals surface area contributed by atoms with E-state index in [9.17, 15) is 4.79 Å². The second-order valence-electron chi connectivity index (χ2n) is 5.60. The van der Waals surface area contributed by atoms with Crippen LogP contribution in [0.5, 0.6) is 0 Å². The summed E-state index contributed by atoms with van der Waals surface area (Å²) in [5, 5.41) is 6.35. The number of methoxy groups -OCH3 is 1. The summed E-state index contributed by atoms with van der Waals surface area (Å²) in [5.74, 6) is 0.670. The van der Waals surface area contributed by atoms with Gasteiger partial charge in [-0.05, 0) is 30.7 Å². The number of esters is 1. The zero-order chi connectivity index (χ0) is 18.4. The molecule has 3 aromatic rings. The quantitative estimate of drug-likeness (QED) is 0.660. The predicted octanol–water partition coefficient (Wildman–Crippen LogP) is 3.32. The molecule has 0 aliphatic heterocycles. The number of para-hydroxylation sites is 1. The second-order valence-corrected chi connectivity index (χ2v) is 5.60. The Morgan fingerprint density at radius 2 is 2.00 bits per heavy atom. The number of nitrogens with zero attached hydrogens (tertiary/aromatic N) is 3. The predicted molar refractivity (Wildman–Crippen MR) is 99.4 cm³/mol. The summed E-state index contributed by atoms with van der Waals surface area (Å²) in [5.41, 5.74) is 2.89. The van der Waals surface area contributed by atoms with Gasteiger partial charge in [0.15, 0.2) is 0 Å². The van der Waals surface area contributed by atoms with Crippen LogP contribution >= 0.6 is 0 Å².